The fourth-order valence-electron chi connectivity index (χ4n) is 9.01. The molecule has 2 aromatic carbocycles. The lowest BCUT2D eigenvalue weighted by Crippen LogP contribution is -2.56. The summed E-state index contributed by atoms with van der Waals surface area (Å²) in [6.07, 6.45) is 8.79. The van der Waals surface area contributed by atoms with Gasteiger partial charge in [0.05, 0.1) is 16.5 Å². The average Bonchev–Trinajstić information content (AvgIpc) is 3.29. The van der Waals surface area contributed by atoms with Crippen molar-refractivity contribution >= 4 is 33.4 Å². The molecule has 1 N–H and O–H groups in total. The van der Waals surface area contributed by atoms with E-state index in [-0.39, 0.29) is 76.7 Å². The van der Waals surface area contributed by atoms with Gasteiger partial charge >= 0.3 is 6.01 Å². The molecule has 6 heterocycles. The first-order valence-electron chi connectivity index (χ1n) is 17.2. The van der Waals surface area contributed by atoms with Crippen LogP contribution in [0.4, 0.5) is 27.8 Å². The third-order valence-electron chi connectivity index (χ3n) is 11.5. The van der Waals surface area contributed by atoms with E-state index in [0.29, 0.717) is 37.0 Å². The smallest absolute Gasteiger partial charge is 0.319 e. The van der Waals surface area contributed by atoms with Gasteiger partial charge in [-0.2, -0.15) is 9.97 Å². The summed E-state index contributed by atoms with van der Waals surface area (Å²) in [6, 6.07) is 4.42. The zero-order valence-corrected chi connectivity index (χ0v) is 27.4. The number of phenols is 1. The summed E-state index contributed by atoms with van der Waals surface area (Å²) in [5.74, 6) is -3.99. The monoisotopic (exact) mass is 704 g/mol. The lowest BCUT2D eigenvalue weighted by atomic mass is 9.95. The van der Waals surface area contributed by atoms with Gasteiger partial charge in [0.2, 0.25) is 5.91 Å². The van der Waals surface area contributed by atoms with E-state index in [1.54, 1.807) is 4.90 Å². The molecule has 2 aromatic heterocycles. The molecule has 264 valence electrons. The quantitative estimate of drug-likeness (QED) is 0.205. The van der Waals surface area contributed by atoms with E-state index >= 15 is 4.39 Å². The second-order valence-electron chi connectivity index (χ2n) is 14.6. The van der Waals surface area contributed by atoms with E-state index in [4.69, 9.17) is 16.1 Å². The number of fused-ring (bicyclic) bond motifs is 5. The van der Waals surface area contributed by atoms with Crippen molar-refractivity contribution in [1.29, 1.82) is 0 Å². The molecule has 14 heteroatoms. The van der Waals surface area contributed by atoms with Gasteiger partial charge in [-0.15, -0.1) is 6.42 Å². The lowest BCUT2D eigenvalue weighted by Gasteiger charge is -2.42. The van der Waals surface area contributed by atoms with Gasteiger partial charge in [-0.1, -0.05) is 12.0 Å². The molecule has 9 nitrogen and oxygen atoms in total. The number of rotatable bonds is 6. The van der Waals surface area contributed by atoms with E-state index in [2.05, 4.69) is 20.8 Å². The molecule has 1 aliphatic carbocycles. The predicted molar refractivity (Wildman–Crippen MR) is 177 cm³/mol. The SMILES string of the molecule is C#Cc1c(F)ccc2cc(O)cc(-c3ncc4c(N5CC6CCC(C5)N6C(=O)C5CC5(F)F)nc(OC[C@@]56CCCN5CC(F)C6)nc4c3F)c12. The first kappa shape index (κ1) is 32.2. The van der Waals surface area contributed by atoms with Crippen molar-refractivity contribution in [3.05, 3.63) is 47.7 Å². The number of hydrogen-bond acceptors (Lipinski definition) is 8. The summed E-state index contributed by atoms with van der Waals surface area (Å²) in [5.41, 5.74) is -0.993. The van der Waals surface area contributed by atoms with Crippen molar-refractivity contribution in [3.8, 4) is 35.4 Å². The maximum atomic E-state index is 17.0. The van der Waals surface area contributed by atoms with Crippen molar-refractivity contribution in [3.63, 3.8) is 0 Å². The van der Waals surface area contributed by atoms with E-state index in [0.717, 1.165) is 19.4 Å². The van der Waals surface area contributed by atoms with E-state index < -0.39 is 47.5 Å². The highest BCUT2D eigenvalue weighted by Crippen LogP contribution is 2.51. The number of alkyl halides is 3. The number of nitrogens with zero attached hydrogens (tertiary/aromatic N) is 6. The molecule has 5 aliphatic rings. The number of pyridine rings is 1. The number of piperazine rings is 1. The molecule has 4 unspecified atom stereocenters. The normalized spacial score (nSPS) is 28.0. The van der Waals surface area contributed by atoms with Crippen LogP contribution in [0.3, 0.4) is 0 Å². The maximum Gasteiger partial charge on any atom is 0.319 e. The molecule has 5 atom stereocenters. The minimum atomic E-state index is -2.98. The molecular weight excluding hydrogens is 671 g/mol. The van der Waals surface area contributed by atoms with Crippen LogP contribution in [-0.4, -0.2) is 98.3 Å². The van der Waals surface area contributed by atoms with Gasteiger partial charge in [0.25, 0.3) is 5.92 Å². The Labute approximate surface area is 289 Å². The summed E-state index contributed by atoms with van der Waals surface area (Å²) in [5, 5.41) is 11.4. The summed E-state index contributed by atoms with van der Waals surface area (Å²) < 4.78 is 80.4. The number of anilines is 1. The van der Waals surface area contributed by atoms with Gasteiger partial charge in [-0.25, -0.2) is 22.0 Å². The van der Waals surface area contributed by atoms with Crippen LogP contribution >= 0.6 is 0 Å². The molecule has 4 saturated heterocycles. The van der Waals surface area contributed by atoms with E-state index in [9.17, 15) is 27.5 Å². The van der Waals surface area contributed by atoms with E-state index in [1.165, 1.54) is 30.5 Å². The Morgan fingerprint density at radius 1 is 1.10 bits per heavy atom. The first-order valence-corrected chi connectivity index (χ1v) is 17.2. The van der Waals surface area contributed by atoms with Crippen molar-refractivity contribution in [1.82, 2.24) is 24.8 Å². The molecule has 2 bridgehead atoms. The van der Waals surface area contributed by atoms with Gasteiger partial charge in [-0.05, 0) is 55.8 Å². The number of amides is 1. The third-order valence-corrected chi connectivity index (χ3v) is 11.5. The fraction of sp³-hybridized carbons (Fsp3) is 0.459. The molecule has 1 saturated carbocycles. The van der Waals surface area contributed by atoms with Crippen LogP contribution in [0.1, 0.15) is 44.1 Å². The number of aromatic nitrogens is 3. The van der Waals surface area contributed by atoms with Gasteiger partial charge in [-0.3, -0.25) is 14.7 Å². The molecule has 1 amide bonds. The summed E-state index contributed by atoms with van der Waals surface area (Å²) in [4.78, 5) is 32.3. The molecule has 0 spiro atoms. The van der Waals surface area contributed by atoms with Crippen molar-refractivity contribution < 1.29 is 36.6 Å². The van der Waals surface area contributed by atoms with Crippen LogP contribution in [0.15, 0.2) is 30.5 Å². The number of aromatic hydroxyl groups is 1. The maximum absolute atomic E-state index is 17.0. The number of hydrogen-bond donors (Lipinski definition) is 1. The van der Waals surface area contributed by atoms with E-state index in [1.807, 2.05) is 4.90 Å². The minimum Gasteiger partial charge on any atom is -0.508 e. The molecule has 0 radical (unpaired) electrons. The van der Waals surface area contributed by atoms with Crippen LogP contribution in [0.25, 0.3) is 32.9 Å². The number of carbonyl (C=O) groups excluding carboxylic acids is 1. The number of terminal acetylenes is 1. The van der Waals surface area contributed by atoms with Gasteiger partial charge in [0.15, 0.2) is 5.82 Å². The Balaban J connectivity index is 1.14. The molecular formula is C37H33F5N6O3. The number of carbonyl (C=O) groups is 1. The summed E-state index contributed by atoms with van der Waals surface area (Å²) in [7, 11) is 0. The highest BCUT2D eigenvalue weighted by atomic mass is 19.3. The Morgan fingerprint density at radius 2 is 1.86 bits per heavy atom. The highest BCUT2D eigenvalue weighted by Gasteiger charge is 2.64. The van der Waals surface area contributed by atoms with Crippen molar-refractivity contribution in [2.45, 2.75) is 68.2 Å². The van der Waals surface area contributed by atoms with Crippen LogP contribution in [-0.2, 0) is 4.79 Å². The number of benzene rings is 2. The van der Waals surface area contributed by atoms with Gasteiger partial charge in [0.1, 0.15) is 47.3 Å². The number of phenolic OH excluding ortho intramolecular Hbond substituents is 1. The molecule has 9 rings (SSSR count). The standard InChI is InChI=1S/C37H33F5N6O3/c1-2-24-28(39)7-4-19-10-23(49)11-25(29(19)24)31-30(40)32-26(14-43-31)33(45-35(44-32)51-18-36-8-3-9-47(36)15-20(38)12-36)46-16-21-5-6-22(17-46)48(21)34(50)27-13-37(27,41)42/h1,4,7,10-11,14,20-22,27,49H,3,5-6,8-9,12-13,15-18H2/t20?,21?,22?,27?,36-/m0/s1. The second kappa shape index (κ2) is 11.4. The fourth-order valence-corrected chi connectivity index (χ4v) is 9.01. The van der Waals surface area contributed by atoms with Crippen LogP contribution in [0, 0.1) is 29.9 Å². The third kappa shape index (κ3) is 5.06. The lowest BCUT2D eigenvalue weighted by molar-refractivity contribution is -0.138. The van der Waals surface area contributed by atoms with Gasteiger partial charge < -0.3 is 19.6 Å². The molecule has 51 heavy (non-hydrogen) atoms. The molecule has 4 aromatic rings. The molecule has 4 aliphatic heterocycles. The summed E-state index contributed by atoms with van der Waals surface area (Å²) in [6.45, 7) is 1.67. The number of halogens is 5. The Kier molecular flexibility index (Phi) is 7.17. The first-order chi connectivity index (χ1) is 24.5. The predicted octanol–water partition coefficient (Wildman–Crippen LogP) is 5.60. The minimum absolute atomic E-state index is 0.0574. The zero-order chi connectivity index (χ0) is 35.4. The molecule has 5 fully saturated rings. The van der Waals surface area contributed by atoms with Crippen molar-refractivity contribution in [2.24, 2.45) is 5.92 Å². The average molecular weight is 705 g/mol. The van der Waals surface area contributed by atoms with Gasteiger partial charge in [0, 0.05) is 61.7 Å². The number of ether oxygens (including phenoxy) is 1. The highest BCUT2D eigenvalue weighted by molar-refractivity contribution is 6.03. The largest absolute Gasteiger partial charge is 0.508 e. The van der Waals surface area contributed by atoms with Crippen molar-refractivity contribution in [2.75, 3.05) is 37.7 Å². The van der Waals surface area contributed by atoms with Crippen LogP contribution in [0.2, 0.25) is 0 Å². The van der Waals surface area contributed by atoms with Crippen LogP contribution < -0.4 is 9.64 Å². The van der Waals surface area contributed by atoms with Crippen LogP contribution in [0.5, 0.6) is 11.8 Å². The Bertz CT molecular complexity index is 2160. The second-order valence-corrected chi connectivity index (χ2v) is 14.6. The Hall–Kier alpha value is -4.77. The summed E-state index contributed by atoms with van der Waals surface area (Å²) >= 11 is 0. The topological polar surface area (TPSA) is 94.9 Å². The zero-order valence-electron chi connectivity index (χ0n) is 27.4. The Morgan fingerprint density at radius 3 is 2.59 bits per heavy atom.